The molecule has 0 amide bonds. The van der Waals surface area contributed by atoms with Crippen LogP contribution >= 0.6 is 0 Å². The number of nitrogen functional groups attached to an aromatic ring is 1. The summed E-state index contributed by atoms with van der Waals surface area (Å²) in [6.07, 6.45) is 1.69. The van der Waals surface area contributed by atoms with Crippen LogP contribution in [0.4, 0.5) is 5.82 Å². The van der Waals surface area contributed by atoms with Crippen molar-refractivity contribution in [3.63, 3.8) is 0 Å². The summed E-state index contributed by atoms with van der Waals surface area (Å²) in [5, 5.41) is 3.84. The predicted molar refractivity (Wildman–Crippen MR) is 81.8 cm³/mol. The van der Waals surface area contributed by atoms with Crippen molar-refractivity contribution in [3.8, 4) is 22.5 Å². The Morgan fingerprint density at radius 1 is 1.14 bits per heavy atom. The van der Waals surface area contributed by atoms with E-state index in [-0.39, 0.29) is 5.56 Å². The molecule has 0 saturated heterocycles. The molecule has 0 aliphatic heterocycles. The maximum atomic E-state index is 11.8. The third-order valence-corrected chi connectivity index (χ3v) is 3.43. The topological polar surface area (TPSA) is 74.0 Å². The number of aryl methyl sites for hydroxylation is 2. The molecule has 0 fully saturated rings. The number of hydrogen-bond acceptors (Lipinski definition) is 4. The summed E-state index contributed by atoms with van der Waals surface area (Å²) in [5.74, 6) is 0.823. The molecule has 0 bridgehead atoms. The lowest BCUT2D eigenvalue weighted by Gasteiger charge is -2.04. The molecule has 1 aromatic carbocycles. The minimum absolute atomic E-state index is 0.114. The van der Waals surface area contributed by atoms with Gasteiger partial charge in [-0.1, -0.05) is 35.0 Å². The van der Waals surface area contributed by atoms with Crippen molar-refractivity contribution >= 4 is 5.82 Å². The molecule has 5 heteroatoms. The molecule has 0 unspecified atom stereocenters. The van der Waals surface area contributed by atoms with Crippen molar-refractivity contribution in [2.75, 3.05) is 5.73 Å². The highest BCUT2D eigenvalue weighted by Gasteiger charge is 2.18. The summed E-state index contributed by atoms with van der Waals surface area (Å²) in [7, 11) is 1.70. The van der Waals surface area contributed by atoms with Gasteiger partial charge in [0.1, 0.15) is 0 Å². The zero-order chi connectivity index (χ0) is 15.0. The molecule has 21 heavy (non-hydrogen) atoms. The Bertz CT molecular complexity index is 845. The molecule has 3 aromatic rings. The summed E-state index contributed by atoms with van der Waals surface area (Å²) in [5.41, 5.74) is 9.26. The fraction of sp³-hybridized carbons (Fsp3) is 0.125. The van der Waals surface area contributed by atoms with E-state index in [1.165, 1.54) is 10.6 Å². The fourth-order valence-electron chi connectivity index (χ4n) is 2.19. The summed E-state index contributed by atoms with van der Waals surface area (Å²) in [6.45, 7) is 2.02. The van der Waals surface area contributed by atoms with Gasteiger partial charge in [-0.05, 0) is 18.6 Å². The van der Waals surface area contributed by atoms with Gasteiger partial charge in [0.15, 0.2) is 11.6 Å². The summed E-state index contributed by atoms with van der Waals surface area (Å²) < 4.78 is 6.83. The predicted octanol–water partition coefficient (Wildman–Crippen LogP) is 2.60. The molecule has 0 aliphatic carbocycles. The minimum Gasteiger partial charge on any atom is -0.380 e. The van der Waals surface area contributed by atoms with Gasteiger partial charge in [0, 0.05) is 24.9 Å². The van der Waals surface area contributed by atoms with Crippen LogP contribution in [0.2, 0.25) is 0 Å². The van der Waals surface area contributed by atoms with Gasteiger partial charge < -0.3 is 14.8 Å². The molecule has 3 rings (SSSR count). The van der Waals surface area contributed by atoms with Gasteiger partial charge in [-0.15, -0.1) is 0 Å². The normalized spacial score (nSPS) is 10.8. The van der Waals surface area contributed by atoms with E-state index in [1.54, 1.807) is 19.3 Å². The third-order valence-electron chi connectivity index (χ3n) is 3.43. The second kappa shape index (κ2) is 4.94. The Hall–Kier alpha value is -2.82. The van der Waals surface area contributed by atoms with E-state index >= 15 is 0 Å². The molecule has 5 nitrogen and oxygen atoms in total. The molecule has 0 spiro atoms. The quantitative estimate of drug-likeness (QED) is 0.783. The number of nitrogens with two attached hydrogens (primary N) is 1. The smallest absolute Gasteiger partial charge is 0.250 e. The van der Waals surface area contributed by atoms with Crippen LogP contribution in [0.5, 0.6) is 0 Å². The van der Waals surface area contributed by atoms with Gasteiger partial charge in [0.2, 0.25) is 0 Å². The van der Waals surface area contributed by atoms with E-state index in [4.69, 9.17) is 10.3 Å². The number of hydrogen-bond donors (Lipinski definition) is 1. The number of aromatic nitrogens is 2. The number of nitrogens with zero attached hydrogens (tertiary/aromatic N) is 2. The highest BCUT2D eigenvalue weighted by atomic mass is 16.5. The van der Waals surface area contributed by atoms with Crippen LogP contribution in [0.1, 0.15) is 5.56 Å². The molecule has 2 heterocycles. The number of pyridine rings is 1. The highest BCUT2D eigenvalue weighted by Crippen LogP contribution is 2.35. The molecule has 0 atom stereocenters. The van der Waals surface area contributed by atoms with Crippen LogP contribution in [0.3, 0.4) is 0 Å². The van der Waals surface area contributed by atoms with Crippen LogP contribution in [0.25, 0.3) is 22.5 Å². The van der Waals surface area contributed by atoms with E-state index in [0.717, 1.165) is 11.1 Å². The van der Waals surface area contributed by atoms with Gasteiger partial charge in [-0.2, -0.15) is 0 Å². The summed E-state index contributed by atoms with van der Waals surface area (Å²) in [4.78, 5) is 11.8. The molecular formula is C16H15N3O2. The summed E-state index contributed by atoms with van der Waals surface area (Å²) in [6, 6.07) is 11.2. The lowest BCUT2D eigenvalue weighted by molar-refractivity contribution is 0.436. The molecule has 2 aromatic heterocycles. The number of anilines is 1. The molecule has 0 radical (unpaired) electrons. The highest BCUT2D eigenvalue weighted by molar-refractivity contribution is 5.86. The first-order valence-corrected chi connectivity index (χ1v) is 6.55. The zero-order valence-corrected chi connectivity index (χ0v) is 11.8. The molecule has 0 saturated carbocycles. The van der Waals surface area contributed by atoms with Crippen molar-refractivity contribution < 1.29 is 4.52 Å². The largest absolute Gasteiger partial charge is 0.380 e. The first kappa shape index (κ1) is 13.2. The SMILES string of the molecule is Cc1ccc(-c2c(N)noc2-c2ccn(C)c(=O)c2)cc1. The van der Waals surface area contributed by atoms with Crippen molar-refractivity contribution in [3.05, 3.63) is 58.5 Å². The fourth-order valence-corrected chi connectivity index (χ4v) is 2.19. The second-order valence-electron chi connectivity index (χ2n) is 5.00. The molecule has 106 valence electrons. The van der Waals surface area contributed by atoms with Gasteiger partial charge in [-0.3, -0.25) is 4.79 Å². The molecule has 0 aliphatic rings. The van der Waals surface area contributed by atoms with E-state index in [1.807, 2.05) is 31.2 Å². The lowest BCUT2D eigenvalue weighted by Crippen LogP contribution is -2.14. The monoisotopic (exact) mass is 281 g/mol. The minimum atomic E-state index is -0.114. The van der Waals surface area contributed by atoms with Gasteiger partial charge in [-0.25, -0.2) is 0 Å². The Labute approximate surface area is 121 Å². The molecular weight excluding hydrogens is 266 g/mol. The van der Waals surface area contributed by atoms with Crippen molar-refractivity contribution in [1.29, 1.82) is 0 Å². The first-order valence-electron chi connectivity index (χ1n) is 6.55. The van der Waals surface area contributed by atoms with E-state index in [0.29, 0.717) is 22.7 Å². The maximum absolute atomic E-state index is 11.8. The Kier molecular flexibility index (Phi) is 3.10. The number of benzene rings is 1. The summed E-state index contributed by atoms with van der Waals surface area (Å²) >= 11 is 0. The maximum Gasteiger partial charge on any atom is 0.250 e. The van der Waals surface area contributed by atoms with Crippen LogP contribution < -0.4 is 11.3 Å². The first-order chi connectivity index (χ1) is 10.1. The zero-order valence-electron chi connectivity index (χ0n) is 11.8. The lowest BCUT2D eigenvalue weighted by atomic mass is 10.0. The molecule has 2 N–H and O–H groups in total. The van der Waals surface area contributed by atoms with Gasteiger partial charge >= 0.3 is 0 Å². The average molecular weight is 281 g/mol. The van der Waals surface area contributed by atoms with E-state index < -0.39 is 0 Å². The Morgan fingerprint density at radius 2 is 1.86 bits per heavy atom. The van der Waals surface area contributed by atoms with Gasteiger partial charge in [0.05, 0.1) is 5.56 Å². The number of rotatable bonds is 2. The second-order valence-corrected chi connectivity index (χ2v) is 5.00. The van der Waals surface area contributed by atoms with Crippen molar-refractivity contribution in [2.24, 2.45) is 7.05 Å². The average Bonchev–Trinajstić information content (AvgIpc) is 2.85. The Balaban J connectivity index is 2.18. The van der Waals surface area contributed by atoms with E-state index in [2.05, 4.69) is 5.16 Å². The van der Waals surface area contributed by atoms with E-state index in [9.17, 15) is 4.79 Å². The van der Waals surface area contributed by atoms with Crippen LogP contribution in [0.15, 0.2) is 51.9 Å². The van der Waals surface area contributed by atoms with Crippen LogP contribution in [-0.2, 0) is 7.05 Å². The third kappa shape index (κ3) is 2.33. The Morgan fingerprint density at radius 3 is 2.52 bits per heavy atom. The van der Waals surface area contributed by atoms with Crippen molar-refractivity contribution in [2.45, 2.75) is 6.92 Å². The van der Waals surface area contributed by atoms with Crippen molar-refractivity contribution in [1.82, 2.24) is 9.72 Å². The van der Waals surface area contributed by atoms with Crippen LogP contribution in [0, 0.1) is 6.92 Å². The standard InChI is InChI=1S/C16H15N3O2/c1-10-3-5-11(6-4-10)14-15(21-18-16(14)17)12-7-8-19(2)13(20)9-12/h3-9H,1-2H3,(H2,17,18). The van der Waals surface area contributed by atoms with Crippen LogP contribution in [-0.4, -0.2) is 9.72 Å². The van der Waals surface area contributed by atoms with Gasteiger partial charge in [0.25, 0.3) is 5.56 Å².